The number of carbonyl (C=O) groups is 1. The number of aryl methyl sites for hydroxylation is 2. The zero-order chi connectivity index (χ0) is 19.6. The fourth-order valence-corrected chi connectivity index (χ4v) is 4.05. The fraction of sp³-hybridized carbons (Fsp3) is 0.389. The summed E-state index contributed by atoms with van der Waals surface area (Å²) in [6.45, 7) is 7.49. The maximum Gasteiger partial charge on any atom is 0.262 e. The van der Waals surface area contributed by atoms with E-state index in [1.165, 1.54) is 19.1 Å². The molecule has 8 nitrogen and oxygen atoms in total. The average Bonchev–Trinajstić information content (AvgIpc) is 2.65. The summed E-state index contributed by atoms with van der Waals surface area (Å²) < 4.78 is 33.4. The average molecular weight is 390 g/mol. The predicted molar refractivity (Wildman–Crippen MR) is 102 cm³/mol. The van der Waals surface area contributed by atoms with Gasteiger partial charge in [0.05, 0.1) is 35.2 Å². The van der Waals surface area contributed by atoms with E-state index in [0.717, 1.165) is 0 Å². The summed E-state index contributed by atoms with van der Waals surface area (Å²) in [5.74, 6) is 0.368. The minimum absolute atomic E-state index is 0.0197. The van der Waals surface area contributed by atoms with Gasteiger partial charge in [-0.1, -0.05) is 12.1 Å². The molecule has 0 saturated carbocycles. The molecule has 1 N–H and O–H groups in total. The molecular weight excluding hydrogens is 368 g/mol. The molecule has 0 aliphatic carbocycles. The quantitative estimate of drug-likeness (QED) is 0.779. The highest BCUT2D eigenvalue weighted by Gasteiger charge is 2.21. The SMILES string of the molecule is CC(=O)c1cccc(S(=O)(=O)Nc2c(C)nc(N3CCOCC3)nc2C)c1. The molecule has 1 aromatic carbocycles. The highest BCUT2D eigenvalue weighted by Crippen LogP contribution is 2.24. The van der Waals surface area contributed by atoms with Crippen molar-refractivity contribution < 1.29 is 17.9 Å². The molecule has 0 bridgehead atoms. The summed E-state index contributed by atoms with van der Waals surface area (Å²) >= 11 is 0. The smallest absolute Gasteiger partial charge is 0.262 e. The fourth-order valence-electron chi connectivity index (χ4n) is 2.83. The molecule has 1 aromatic heterocycles. The number of aromatic nitrogens is 2. The van der Waals surface area contributed by atoms with Crippen molar-refractivity contribution in [1.29, 1.82) is 0 Å². The Morgan fingerprint density at radius 1 is 1.15 bits per heavy atom. The van der Waals surface area contributed by atoms with E-state index in [9.17, 15) is 13.2 Å². The number of rotatable bonds is 5. The molecule has 1 saturated heterocycles. The topological polar surface area (TPSA) is 101 Å². The number of anilines is 2. The van der Waals surface area contributed by atoms with Gasteiger partial charge in [-0.3, -0.25) is 9.52 Å². The van der Waals surface area contributed by atoms with Gasteiger partial charge in [-0.25, -0.2) is 18.4 Å². The number of ketones is 1. The molecule has 0 spiro atoms. The highest BCUT2D eigenvalue weighted by molar-refractivity contribution is 7.92. The number of ether oxygens (including phenoxy) is 1. The molecule has 9 heteroatoms. The summed E-state index contributed by atoms with van der Waals surface area (Å²) in [5.41, 5.74) is 1.76. The lowest BCUT2D eigenvalue weighted by molar-refractivity contribution is 0.101. The molecule has 27 heavy (non-hydrogen) atoms. The van der Waals surface area contributed by atoms with E-state index < -0.39 is 10.0 Å². The van der Waals surface area contributed by atoms with Crippen LogP contribution in [0.5, 0.6) is 0 Å². The van der Waals surface area contributed by atoms with Crippen molar-refractivity contribution in [2.45, 2.75) is 25.7 Å². The van der Waals surface area contributed by atoms with Gasteiger partial charge in [0.2, 0.25) is 5.95 Å². The Hall–Kier alpha value is -2.52. The van der Waals surface area contributed by atoms with E-state index >= 15 is 0 Å². The third-order valence-electron chi connectivity index (χ3n) is 4.34. The van der Waals surface area contributed by atoms with Crippen LogP contribution in [0.15, 0.2) is 29.2 Å². The Bertz CT molecular complexity index is 946. The summed E-state index contributed by atoms with van der Waals surface area (Å²) in [6.07, 6.45) is 0. The summed E-state index contributed by atoms with van der Waals surface area (Å²) in [7, 11) is -3.87. The first-order chi connectivity index (χ1) is 12.8. The summed E-state index contributed by atoms with van der Waals surface area (Å²) in [4.78, 5) is 22.5. The van der Waals surface area contributed by atoms with Gasteiger partial charge in [-0.05, 0) is 32.9 Å². The minimum Gasteiger partial charge on any atom is -0.378 e. The number of hydrogen-bond donors (Lipinski definition) is 1. The second kappa shape index (κ2) is 7.61. The van der Waals surface area contributed by atoms with E-state index in [-0.39, 0.29) is 10.7 Å². The van der Waals surface area contributed by atoms with Gasteiger partial charge in [0.15, 0.2) is 5.78 Å². The Labute approximate surface area is 158 Å². The van der Waals surface area contributed by atoms with Crippen molar-refractivity contribution in [3.05, 3.63) is 41.2 Å². The van der Waals surface area contributed by atoms with Crippen molar-refractivity contribution in [3.63, 3.8) is 0 Å². The van der Waals surface area contributed by atoms with Gasteiger partial charge in [0.25, 0.3) is 10.0 Å². The lowest BCUT2D eigenvalue weighted by Crippen LogP contribution is -2.37. The third-order valence-corrected chi connectivity index (χ3v) is 5.69. The maximum atomic E-state index is 12.8. The van der Waals surface area contributed by atoms with Gasteiger partial charge >= 0.3 is 0 Å². The lowest BCUT2D eigenvalue weighted by Gasteiger charge is -2.27. The number of nitrogens with one attached hydrogen (secondary N) is 1. The van der Waals surface area contributed by atoms with Gasteiger partial charge < -0.3 is 9.64 Å². The van der Waals surface area contributed by atoms with E-state index in [0.29, 0.717) is 54.9 Å². The van der Waals surface area contributed by atoms with Crippen LogP contribution in [0, 0.1) is 13.8 Å². The van der Waals surface area contributed by atoms with Crippen LogP contribution >= 0.6 is 0 Å². The van der Waals surface area contributed by atoms with Crippen LogP contribution in [0.2, 0.25) is 0 Å². The normalized spacial score (nSPS) is 14.9. The van der Waals surface area contributed by atoms with Crippen LogP contribution in [-0.4, -0.2) is 50.5 Å². The first-order valence-corrected chi connectivity index (χ1v) is 10.1. The number of hydrogen-bond acceptors (Lipinski definition) is 7. The molecule has 144 valence electrons. The lowest BCUT2D eigenvalue weighted by atomic mass is 10.2. The molecule has 0 atom stereocenters. The molecule has 0 radical (unpaired) electrons. The van der Waals surface area contributed by atoms with E-state index in [1.54, 1.807) is 26.0 Å². The van der Waals surface area contributed by atoms with Crippen molar-refractivity contribution in [1.82, 2.24) is 9.97 Å². The predicted octanol–water partition coefficient (Wildman–Crippen LogP) is 1.93. The van der Waals surface area contributed by atoms with Crippen LogP contribution in [0.4, 0.5) is 11.6 Å². The monoisotopic (exact) mass is 390 g/mol. The van der Waals surface area contributed by atoms with Crippen molar-refractivity contribution >= 4 is 27.4 Å². The van der Waals surface area contributed by atoms with Crippen LogP contribution in [0.3, 0.4) is 0 Å². The van der Waals surface area contributed by atoms with Gasteiger partial charge in [-0.2, -0.15) is 0 Å². The largest absolute Gasteiger partial charge is 0.378 e. The Balaban J connectivity index is 1.90. The van der Waals surface area contributed by atoms with E-state index in [4.69, 9.17) is 4.74 Å². The minimum atomic E-state index is -3.87. The second-order valence-electron chi connectivity index (χ2n) is 6.36. The second-order valence-corrected chi connectivity index (χ2v) is 8.04. The molecule has 0 amide bonds. The van der Waals surface area contributed by atoms with Crippen LogP contribution < -0.4 is 9.62 Å². The van der Waals surface area contributed by atoms with Gasteiger partial charge in [0.1, 0.15) is 0 Å². The number of carbonyl (C=O) groups excluding carboxylic acids is 1. The van der Waals surface area contributed by atoms with Crippen molar-refractivity contribution in [2.75, 3.05) is 35.9 Å². The number of Topliss-reactive ketones (excluding diaryl/α,β-unsaturated/α-hetero) is 1. The van der Waals surface area contributed by atoms with Crippen molar-refractivity contribution in [3.8, 4) is 0 Å². The molecule has 1 aliphatic heterocycles. The number of benzene rings is 1. The number of sulfonamides is 1. The zero-order valence-electron chi connectivity index (χ0n) is 15.5. The van der Waals surface area contributed by atoms with Gasteiger partial charge in [-0.15, -0.1) is 0 Å². The number of nitrogens with zero attached hydrogens (tertiary/aromatic N) is 3. The molecule has 2 heterocycles. The molecule has 1 fully saturated rings. The summed E-state index contributed by atoms with van der Waals surface area (Å²) in [6, 6.07) is 5.93. The molecule has 2 aromatic rings. The van der Waals surface area contributed by atoms with Crippen LogP contribution in [0.25, 0.3) is 0 Å². The maximum absolute atomic E-state index is 12.8. The van der Waals surface area contributed by atoms with Crippen molar-refractivity contribution in [2.24, 2.45) is 0 Å². The van der Waals surface area contributed by atoms with Crippen LogP contribution in [0.1, 0.15) is 28.7 Å². The zero-order valence-corrected chi connectivity index (χ0v) is 16.3. The standard InChI is InChI=1S/C18H22N4O4S/c1-12-17(13(2)20-18(19-12)22-7-9-26-10-8-22)21-27(24,25)16-6-4-5-15(11-16)14(3)23/h4-6,11,21H,7-10H2,1-3H3. The first-order valence-electron chi connectivity index (χ1n) is 8.59. The Morgan fingerprint density at radius 3 is 2.37 bits per heavy atom. The van der Waals surface area contributed by atoms with Gasteiger partial charge in [0, 0.05) is 18.7 Å². The highest BCUT2D eigenvalue weighted by atomic mass is 32.2. The molecule has 1 aliphatic rings. The summed E-state index contributed by atoms with van der Waals surface area (Å²) in [5, 5.41) is 0. The Morgan fingerprint density at radius 2 is 1.78 bits per heavy atom. The first kappa shape index (κ1) is 19.2. The molecule has 3 rings (SSSR count). The van der Waals surface area contributed by atoms with Crippen LogP contribution in [-0.2, 0) is 14.8 Å². The van der Waals surface area contributed by atoms with E-state index in [1.807, 2.05) is 4.90 Å². The molecule has 0 unspecified atom stereocenters. The number of morpholine rings is 1. The Kier molecular flexibility index (Phi) is 5.43. The third kappa shape index (κ3) is 4.25. The van der Waals surface area contributed by atoms with E-state index in [2.05, 4.69) is 14.7 Å². The molecular formula is C18H22N4O4S.